The molecule has 186 valence electrons. The highest BCUT2D eigenvalue weighted by atomic mass is 16.5. The number of carbonyl (C=O) groups excluding carboxylic acids is 3. The number of hydrogen-bond donors (Lipinski definition) is 0. The van der Waals surface area contributed by atoms with Gasteiger partial charge >= 0.3 is 5.97 Å². The number of ether oxygens (including phenoxy) is 1. The lowest BCUT2D eigenvalue weighted by atomic mass is 9.95. The fraction of sp³-hybridized carbons (Fsp3) is 0.385. The first kappa shape index (κ1) is 23.7. The van der Waals surface area contributed by atoms with Crippen LogP contribution in [0.4, 0.5) is 5.69 Å². The second-order valence-electron chi connectivity index (χ2n) is 9.37. The van der Waals surface area contributed by atoms with Crippen molar-refractivity contribution in [3.05, 3.63) is 60.2 Å². The second-order valence-corrected chi connectivity index (χ2v) is 9.37. The van der Waals surface area contributed by atoms with E-state index in [1.165, 1.54) is 9.80 Å². The summed E-state index contributed by atoms with van der Waals surface area (Å²) in [4.78, 5) is 51.5. The van der Waals surface area contributed by atoms with Crippen LogP contribution >= 0.6 is 0 Å². The van der Waals surface area contributed by atoms with Crippen LogP contribution < -0.4 is 4.90 Å². The molecule has 0 aliphatic carbocycles. The van der Waals surface area contributed by atoms with E-state index in [9.17, 15) is 14.4 Å². The van der Waals surface area contributed by atoms with Gasteiger partial charge in [0.1, 0.15) is 0 Å². The number of para-hydroxylation sites is 1. The average molecular weight is 490 g/mol. The summed E-state index contributed by atoms with van der Waals surface area (Å²) >= 11 is 0. The van der Waals surface area contributed by atoms with Crippen molar-refractivity contribution < 1.29 is 23.6 Å². The number of hydrogen-bond acceptors (Lipinski definition) is 8. The highest BCUT2D eigenvalue weighted by Crippen LogP contribution is 2.45. The number of benzene rings is 1. The Morgan fingerprint density at radius 2 is 2.03 bits per heavy atom. The molecular formula is C26H27N5O5. The Hall–Kier alpha value is -4.08. The highest BCUT2D eigenvalue weighted by molar-refractivity contribution is 6.15. The van der Waals surface area contributed by atoms with Gasteiger partial charge in [0.25, 0.3) is 5.91 Å². The molecule has 1 saturated heterocycles. The van der Waals surface area contributed by atoms with Crippen molar-refractivity contribution in [1.29, 1.82) is 0 Å². The molecule has 10 heteroatoms. The quantitative estimate of drug-likeness (QED) is 0.349. The number of pyridine rings is 1. The number of aromatic nitrogens is 3. The predicted molar refractivity (Wildman–Crippen MR) is 129 cm³/mol. The van der Waals surface area contributed by atoms with Gasteiger partial charge in [-0.25, -0.2) is 4.79 Å². The summed E-state index contributed by atoms with van der Waals surface area (Å²) in [6.07, 6.45) is 4.52. The summed E-state index contributed by atoms with van der Waals surface area (Å²) in [5.41, 5.74) is 0.134. The third-order valence-corrected chi connectivity index (χ3v) is 6.40. The fourth-order valence-corrected chi connectivity index (χ4v) is 4.84. The van der Waals surface area contributed by atoms with Crippen LogP contribution in [0.15, 0.2) is 53.3 Å². The van der Waals surface area contributed by atoms with E-state index in [1.54, 1.807) is 42.7 Å². The van der Waals surface area contributed by atoms with Crippen LogP contribution in [-0.4, -0.2) is 56.6 Å². The predicted octanol–water partition coefficient (Wildman–Crippen LogP) is 3.24. The first-order chi connectivity index (χ1) is 17.4. The molecule has 0 saturated carbocycles. The number of esters is 1. The second kappa shape index (κ2) is 9.52. The van der Waals surface area contributed by atoms with E-state index in [4.69, 9.17) is 9.26 Å². The van der Waals surface area contributed by atoms with Gasteiger partial charge in [0.05, 0.1) is 17.9 Å². The molecule has 10 nitrogen and oxygen atoms in total. The first-order valence-corrected chi connectivity index (χ1v) is 12.1. The third kappa shape index (κ3) is 4.02. The van der Waals surface area contributed by atoms with E-state index in [0.717, 1.165) is 5.56 Å². The summed E-state index contributed by atoms with van der Waals surface area (Å²) in [7, 11) is 0. The van der Waals surface area contributed by atoms with Crippen molar-refractivity contribution in [3.8, 4) is 11.4 Å². The minimum atomic E-state index is -1.48. The summed E-state index contributed by atoms with van der Waals surface area (Å²) in [6, 6.07) is 10.5. The number of aryl methyl sites for hydroxylation is 1. The molecule has 1 unspecified atom stereocenters. The molecule has 0 radical (unpaired) electrons. The lowest BCUT2D eigenvalue weighted by Crippen LogP contribution is -2.69. The van der Waals surface area contributed by atoms with Gasteiger partial charge < -0.3 is 14.2 Å². The van der Waals surface area contributed by atoms with E-state index in [2.05, 4.69) is 15.1 Å². The van der Waals surface area contributed by atoms with Gasteiger partial charge in [0.2, 0.25) is 23.3 Å². The van der Waals surface area contributed by atoms with Crippen LogP contribution in [0.1, 0.15) is 49.4 Å². The zero-order valence-electron chi connectivity index (χ0n) is 20.2. The van der Waals surface area contributed by atoms with Crippen LogP contribution in [-0.2, 0) is 20.7 Å². The molecule has 3 aromatic rings. The van der Waals surface area contributed by atoms with Crippen molar-refractivity contribution in [2.45, 2.75) is 45.2 Å². The molecule has 1 atom stereocenters. The number of carbonyl (C=O) groups is 3. The number of fused-ring (bicyclic) bond motifs is 3. The zero-order chi connectivity index (χ0) is 25.3. The summed E-state index contributed by atoms with van der Waals surface area (Å²) in [6.45, 7) is 4.35. The lowest BCUT2D eigenvalue weighted by Gasteiger charge is -2.48. The highest BCUT2D eigenvalue weighted by Gasteiger charge is 2.61. The Morgan fingerprint density at radius 3 is 2.81 bits per heavy atom. The van der Waals surface area contributed by atoms with Crippen molar-refractivity contribution in [2.75, 3.05) is 18.1 Å². The Morgan fingerprint density at radius 1 is 1.19 bits per heavy atom. The Labute approximate surface area is 208 Å². The Kier molecular flexibility index (Phi) is 6.26. The van der Waals surface area contributed by atoms with Gasteiger partial charge in [-0.15, -0.1) is 0 Å². The molecule has 2 amide bonds. The van der Waals surface area contributed by atoms with E-state index < -0.39 is 11.6 Å². The van der Waals surface area contributed by atoms with E-state index in [0.29, 0.717) is 42.4 Å². The number of nitrogens with zero attached hydrogens (tertiary/aromatic N) is 5. The van der Waals surface area contributed by atoms with Crippen molar-refractivity contribution in [3.63, 3.8) is 0 Å². The molecule has 36 heavy (non-hydrogen) atoms. The number of amides is 2. The standard InChI is InChI=1S/C26H27N5O5/c1-17(2)16-30-24(33)19-8-3-4-9-20(19)31-22(32)11-12-26(30,31)25(34)35-14-6-10-21-28-23(29-36-21)18-7-5-13-27-15-18/h3-5,7-9,13,15,17H,6,10-12,14,16H2,1-2H3. The summed E-state index contributed by atoms with van der Waals surface area (Å²) in [5, 5.41) is 3.97. The number of rotatable bonds is 8. The lowest BCUT2D eigenvalue weighted by molar-refractivity contribution is -0.157. The van der Waals surface area contributed by atoms with E-state index in [-0.39, 0.29) is 37.2 Å². The molecule has 2 aromatic heterocycles. The topological polar surface area (TPSA) is 119 Å². The molecule has 0 N–H and O–H groups in total. The minimum Gasteiger partial charge on any atom is -0.463 e. The van der Waals surface area contributed by atoms with Gasteiger partial charge in [-0.05, 0) is 36.6 Å². The normalized spacial score (nSPS) is 19.0. The van der Waals surface area contributed by atoms with E-state index >= 15 is 0 Å². The van der Waals surface area contributed by atoms with E-state index in [1.807, 2.05) is 19.9 Å². The first-order valence-electron chi connectivity index (χ1n) is 12.1. The van der Waals surface area contributed by atoms with Crippen molar-refractivity contribution in [1.82, 2.24) is 20.0 Å². The molecule has 2 aliphatic heterocycles. The van der Waals surface area contributed by atoms with Crippen LogP contribution in [0.25, 0.3) is 11.4 Å². The molecule has 2 aliphatic rings. The molecule has 0 bridgehead atoms. The van der Waals surface area contributed by atoms with Crippen LogP contribution in [0, 0.1) is 5.92 Å². The zero-order valence-corrected chi connectivity index (χ0v) is 20.2. The molecule has 1 fully saturated rings. The van der Waals surface area contributed by atoms with Gasteiger partial charge in [-0.3, -0.25) is 19.5 Å². The third-order valence-electron chi connectivity index (χ3n) is 6.40. The largest absolute Gasteiger partial charge is 0.463 e. The monoisotopic (exact) mass is 489 g/mol. The van der Waals surface area contributed by atoms with Crippen molar-refractivity contribution >= 4 is 23.5 Å². The smallest absolute Gasteiger partial charge is 0.353 e. The maximum absolute atomic E-state index is 13.6. The number of anilines is 1. The van der Waals surface area contributed by atoms with Crippen LogP contribution in [0.3, 0.4) is 0 Å². The van der Waals surface area contributed by atoms with Crippen molar-refractivity contribution in [2.24, 2.45) is 5.92 Å². The molecule has 4 heterocycles. The summed E-state index contributed by atoms with van der Waals surface area (Å²) in [5.74, 6) is -0.112. The maximum Gasteiger partial charge on any atom is 0.353 e. The van der Waals surface area contributed by atoms with Gasteiger partial charge in [0, 0.05) is 43.8 Å². The molecule has 5 rings (SSSR count). The molecule has 1 aromatic carbocycles. The summed E-state index contributed by atoms with van der Waals surface area (Å²) < 4.78 is 11.0. The maximum atomic E-state index is 13.6. The molecule has 0 spiro atoms. The average Bonchev–Trinajstić information content (AvgIpc) is 3.50. The SMILES string of the molecule is CC(C)CN1C(=O)c2ccccc2N2C(=O)CCC12C(=O)OCCCc1nc(-c2cccnc2)no1. The Balaban J connectivity index is 1.32. The van der Waals surface area contributed by atoms with Gasteiger partial charge in [-0.2, -0.15) is 4.98 Å². The van der Waals surface area contributed by atoms with Gasteiger partial charge in [0.15, 0.2) is 0 Å². The minimum absolute atomic E-state index is 0.0819. The fourth-order valence-electron chi connectivity index (χ4n) is 4.84. The molecular weight excluding hydrogens is 462 g/mol. The van der Waals surface area contributed by atoms with Gasteiger partial charge in [-0.1, -0.05) is 31.1 Å². The van der Waals surface area contributed by atoms with Crippen LogP contribution in [0.5, 0.6) is 0 Å². The van der Waals surface area contributed by atoms with Crippen LogP contribution in [0.2, 0.25) is 0 Å². The Bertz CT molecular complexity index is 1290.